The molecule has 12 rings (SSSR count). The summed E-state index contributed by atoms with van der Waals surface area (Å²) >= 11 is 0. The molecule has 3 aliphatic rings. The summed E-state index contributed by atoms with van der Waals surface area (Å²) in [5, 5.41) is 10.9. The normalized spacial score (nSPS) is 12.8. The van der Waals surface area contributed by atoms with Crippen molar-refractivity contribution < 1.29 is 29.9 Å². The quantitative estimate of drug-likeness (QED) is 0.132. The number of anilines is 3. The number of rotatable bonds is 6. The molecule has 325 valence electrons. The van der Waals surface area contributed by atoms with Crippen LogP contribution in [0.4, 0.5) is 17.1 Å². The average molecular weight is 1040 g/mol. The van der Waals surface area contributed by atoms with Crippen LogP contribution in [0.3, 0.4) is 0 Å². The zero-order valence-electron chi connectivity index (χ0n) is 37.4. The summed E-state index contributed by atoms with van der Waals surface area (Å²) in [6.07, 6.45) is 7.81. The maximum absolute atomic E-state index is 10.9. The molecule has 66 heavy (non-hydrogen) atoms. The molecule has 9 aromatic rings. The third-order valence-corrected chi connectivity index (χ3v) is 13.1. The molecule has 11 heteroatoms. The van der Waals surface area contributed by atoms with Crippen LogP contribution in [0.2, 0.25) is 0 Å². The molecule has 2 aromatic heterocycles. The molecule has 1 N–H and O–H groups in total. The van der Waals surface area contributed by atoms with Crippen LogP contribution in [-0.4, -0.2) is 45.0 Å². The number of nitrogens with zero attached hydrogens (tertiary/aromatic N) is 6. The summed E-state index contributed by atoms with van der Waals surface area (Å²) in [4.78, 5) is 14.1. The number of para-hydroxylation sites is 2. The summed E-state index contributed by atoms with van der Waals surface area (Å²) in [6.45, 7) is 8.80. The topological polar surface area (TPSA) is 71.6 Å². The second-order valence-electron chi connectivity index (χ2n) is 17.5. The van der Waals surface area contributed by atoms with Crippen LogP contribution in [0.1, 0.15) is 50.7 Å². The van der Waals surface area contributed by atoms with Gasteiger partial charge in [0.15, 0.2) is 5.75 Å². The monoisotopic (exact) mass is 1040 g/mol. The number of benzene rings is 7. The van der Waals surface area contributed by atoms with Crippen molar-refractivity contribution in [1.29, 1.82) is 0 Å². The Labute approximate surface area is 400 Å². The second kappa shape index (κ2) is 17.4. The van der Waals surface area contributed by atoms with E-state index in [0.29, 0.717) is 17.4 Å². The molecule has 0 unspecified atom stereocenters. The molecule has 0 saturated heterocycles. The molecule has 0 fully saturated rings. The van der Waals surface area contributed by atoms with E-state index in [0.717, 1.165) is 45.8 Å². The molecular weight excluding hydrogens is 990 g/mol. The number of imidazole rings is 2. The van der Waals surface area contributed by atoms with Crippen molar-refractivity contribution in [1.82, 2.24) is 18.9 Å². The SMILES string of the molecule is CC(C)c1cccc(C(C)C)c1B1N2c3ccccc3Oc3ccc(O)c(c32)-c2nccn21.CN1B(c2c(-c3ccccc3)cccc2-c2ccccc2)n2ccnc2-c2[c-]cccc21.[Ir]. The Hall–Kier alpha value is -7.06. The minimum absolute atomic E-state index is 0. The predicted molar refractivity (Wildman–Crippen MR) is 266 cm³/mol. The van der Waals surface area contributed by atoms with Gasteiger partial charge in [0.1, 0.15) is 17.3 Å². The number of hydrogen-bond acceptors (Lipinski definition) is 6. The average Bonchev–Trinajstić information content (AvgIpc) is 4.04. The number of fused-ring (bicyclic) bond motifs is 7. The molecule has 0 amide bonds. The van der Waals surface area contributed by atoms with Gasteiger partial charge < -0.3 is 28.4 Å². The van der Waals surface area contributed by atoms with Crippen LogP contribution in [0.5, 0.6) is 17.2 Å². The molecule has 0 bridgehead atoms. The third kappa shape index (κ3) is 6.97. The minimum Gasteiger partial charge on any atom is -0.507 e. The molecule has 8 nitrogen and oxygen atoms in total. The fourth-order valence-corrected chi connectivity index (χ4v) is 10.2. The molecule has 3 aliphatic heterocycles. The van der Waals surface area contributed by atoms with Crippen LogP contribution >= 0.6 is 0 Å². The molecule has 5 heterocycles. The van der Waals surface area contributed by atoms with E-state index in [1.165, 1.54) is 44.3 Å². The Morgan fingerprint density at radius 3 is 1.80 bits per heavy atom. The smallest absolute Gasteiger partial charge is 0.422 e. The molecule has 0 saturated carbocycles. The first-order valence-electron chi connectivity index (χ1n) is 22.4. The summed E-state index contributed by atoms with van der Waals surface area (Å²) in [7, 11) is 2.16. The summed E-state index contributed by atoms with van der Waals surface area (Å²) in [6, 6.07) is 55.8. The van der Waals surface area contributed by atoms with Gasteiger partial charge in [0.2, 0.25) is 0 Å². The number of phenolic OH excluding ortho intramolecular Hbond substituents is 1. The molecule has 0 spiro atoms. The third-order valence-electron chi connectivity index (χ3n) is 13.1. The largest absolute Gasteiger partial charge is 0.507 e. The number of phenols is 1. The van der Waals surface area contributed by atoms with Crippen molar-refractivity contribution in [3.05, 3.63) is 194 Å². The number of aromatic nitrogens is 4. The first-order valence-corrected chi connectivity index (χ1v) is 22.4. The second-order valence-corrected chi connectivity index (χ2v) is 17.5. The van der Waals surface area contributed by atoms with Gasteiger partial charge in [0.25, 0.3) is 0 Å². The van der Waals surface area contributed by atoms with E-state index in [1.807, 2.05) is 55.0 Å². The van der Waals surface area contributed by atoms with E-state index in [1.54, 1.807) is 6.07 Å². The van der Waals surface area contributed by atoms with Gasteiger partial charge in [-0.05, 0) is 87.5 Å². The van der Waals surface area contributed by atoms with Gasteiger partial charge in [-0.2, -0.15) is 0 Å². The van der Waals surface area contributed by atoms with Crippen molar-refractivity contribution in [3.8, 4) is 62.3 Å². The van der Waals surface area contributed by atoms with Gasteiger partial charge in [-0.3, -0.25) is 4.98 Å². The minimum atomic E-state index is -0.156. The Morgan fingerprint density at radius 1 is 0.576 bits per heavy atom. The van der Waals surface area contributed by atoms with E-state index in [2.05, 4.69) is 175 Å². The summed E-state index contributed by atoms with van der Waals surface area (Å²) in [5.41, 5.74) is 14.8. The van der Waals surface area contributed by atoms with Gasteiger partial charge in [-0.1, -0.05) is 148 Å². The number of aromatic hydroxyl groups is 1. The Morgan fingerprint density at radius 2 is 1.15 bits per heavy atom. The number of ether oxygens (including phenoxy) is 1. The maximum Gasteiger partial charge on any atom is 0.422 e. The van der Waals surface area contributed by atoms with Gasteiger partial charge in [-0.25, -0.2) is 4.98 Å². The number of hydrogen-bond donors (Lipinski definition) is 1. The maximum atomic E-state index is 10.9. The Balaban J connectivity index is 0.000000153. The molecule has 7 aromatic carbocycles. The fraction of sp³-hybridized carbons (Fsp3) is 0.127. The van der Waals surface area contributed by atoms with Gasteiger partial charge in [0, 0.05) is 50.7 Å². The molecule has 0 aliphatic carbocycles. The van der Waals surface area contributed by atoms with E-state index < -0.39 is 0 Å². The van der Waals surface area contributed by atoms with Crippen molar-refractivity contribution >= 4 is 42.0 Å². The van der Waals surface area contributed by atoms with Gasteiger partial charge >= 0.3 is 14.0 Å². The Kier molecular flexibility index (Phi) is 11.3. The van der Waals surface area contributed by atoms with Gasteiger partial charge in [-0.15, -0.1) is 24.3 Å². The van der Waals surface area contributed by atoms with Crippen molar-refractivity contribution in [2.45, 2.75) is 39.5 Å². The van der Waals surface area contributed by atoms with Crippen LogP contribution < -0.4 is 25.3 Å². The standard InChI is InChI=1S/C28H21BN3.C27H26BN3O2.Ir/c1-31-26-18-9-8-15-25(26)28-30-19-20-32(28)29(31)27-23(21-11-4-2-5-12-21)16-10-17-24(27)22-13-6-3-7-14-22;1-16(2)18-8-7-9-19(17(3)4)25(18)28-30-15-14-29-27(30)24-21(32)12-13-23-26(24)31(28)20-10-5-6-11-22(20)33-23;/h2-14,16-20H,1H3;5-17,32H,1-4H3;/q-1;;. The molecule has 0 atom stereocenters. The van der Waals surface area contributed by atoms with Crippen molar-refractivity contribution in [3.63, 3.8) is 0 Å². The van der Waals surface area contributed by atoms with Crippen LogP contribution in [-0.2, 0) is 20.1 Å². The zero-order chi connectivity index (χ0) is 44.3. The molecular formula is C55H47B2IrN6O2-. The Bertz CT molecular complexity index is 3140. The van der Waals surface area contributed by atoms with E-state index in [9.17, 15) is 5.11 Å². The van der Waals surface area contributed by atoms with Crippen molar-refractivity contribution in [2.75, 3.05) is 16.7 Å². The van der Waals surface area contributed by atoms with E-state index in [-0.39, 0.29) is 39.8 Å². The van der Waals surface area contributed by atoms with Gasteiger partial charge in [0.05, 0.1) is 16.9 Å². The first-order chi connectivity index (χ1) is 31.8. The zero-order valence-corrected chi connectivity index (χ0v) is 39.8. The van der Waals surface area contributed by atoms with E-state index in [4.69, 9.17) is 14.7 Å². The fourth-order valence-electron chi connectivity index (χ4n) is 10.2. The summed E-state index contributed by atoms with van der Waals surface area (Å²) < 4.78 is 10.8. The van der Waals surface area contributed by atoms with Crippen LogP contribution in [0.15, 0.2) is 176 Å². The molecule has 1 radical (unpaired) electrons. The first kappa shape index (κ1) is 42.9. The van der Waals surface area contributed by atoms with Crippen molar-refractivity contribution in [2.24, 2.45) is 0 Å². The predicted octanol–water partition coefficient (Wildman–Crippen LogP) is 11.4. The van der Waals surface area contributed by atoms with E-state index >= 15 is 0 Å². The summed E-state index contributed by atoms with van der Waals surface area (Å²) in [5.74, 6) is 4.15. The van der Waals surface area contributed by atoms with Crippen LogP contribution in [0.25, 0.3) is 45.0 Å². The van der Waals surface area contributed by atoms with Crippen LogP contribution in [0, 0.1) is 6.07 Å².